The highest BCUT2D eigenvalue weighted by atomic mass is 16.6. The third-order valence-corrected chi connectivity index (χ3v) is 8.14. The number of nitro groups is 1. The Hall–Kier alpha value is -5.45. The number of aromatic nitrogens is 2. The largest absolute Gasteiger partial charge is 0.356 e. The molecule has 4 N–H and O–H groups in total. The quantitative estimate of drug-likeness (QED) is 0.0753. The van der Waals surface area contributed by atoms with Crippen molar-refractivity contribution in [3.8, 4) is 11.3 Å². The van der Waals surface area contributed by atoms with Crippen LogP contribution in [-0.2, 0) is 16.0 Å². The van der Waals surface area contributed by atoms with Gasteiger partial charge in [0.2, 0.25) is 11.9 Å². The molecular formula is C34H35N7O4. The predicted molar refractivity (Wildman–Crippen MR) is 176 cm³/mol. The smallest absolute Gasteiger partial charge is 0.270 e. The van der Waals surface area contributed by atoms with Gasteiger partial charge in [-0.05, 0) is 61.4 Å². The standard InChI is InChI=1S/C34H35N7O4/c1-22(42)35-17-5-6-23-7-9-25(10-8-23)32(31-28-20-27(41(44)45)15-16-29(28)38-33(31)43)37-26-13-11-24(12-14-26)30-21-36-34(39-30)40-18-3-2-4-19-40/h7-16,20-21,37H,2-6,17-19H2,1H3,(H,35,42)(H,36,39)(H,38,43). The summed E-state index contributed by atoms with van der Waals surface area (Å²) in [6.45, 7) is 4.10. The molecule has 230 valence electrons. The topological polar surface area (TPSA) is 145 Å². The lowest BCUT2D eigenvalue weighted by Crippen LogP contribution is -2.30. The van der Waals surface area contributed by atoms with Crippen molar-refractivity contribution in [2.24, 2.45) is 0 Å². The number of carbonyl (C=O) groups is 2. The van der Waals surface area contributed by atoms with Gasteiger partial charge in [-0.1, -0.05) is 36.4 Å². The highest BCUT2D eigenvalue weighted by Gasteiger charge is 2.30. The van der Waals surface area contributed by atoms with Gasteiger partial charge in [0.25, 0.3) is 11.6 Å². The monoisotopic (exact) mass is 605 g/mol. The number of hydrogen-bond acceptors (Lipinski definition) is 7. The number of nitro benzene ring substituents is 1. The minimum atomic E-state index is -0.464. The Morgan fingerprint density at radius 1 is 1.02 bits per heavy atom. The molecule has 2 aliphatic heterocycles. The van der Waals surface area contributed by atoms with Crippen molar-refractivity contribution < 1.29 is 14.5 Å². The fourth-order valence-corrected chi connectivity index (χ4v) is 5.79. The Morgan fingerprint density at radius 3 is 2.49 bits per heavy atom. The minimum absolute atomic E-state index is 0.0531. The van der Waals surface area contributed by atoms with Crippen LogP contribution in [0.1, 0.15) is 49.3 Å². The maximum absolute atomic E-state index is 13.4. The number of carbonyl (C=O) groups excluding carboxylic acids is 2. The van der Waals surface area contributed by atoms with Crippen molar-refractivity contribution in [1.29, 1.82) is 0 Å². The number of piperidine rings is 1. The zero-order valence-electron chi connectivity index (χ0n) is 25.1. The number of H-pyrrole nitrogens is 1. The van der Waals surface area contributed by atoms with Crippen LogP contribution in [0.5, 0.6) is 0 Å². The second-order valence-corrected chi connectivity index (χ2v) is 11.3. The third kappa shape index (κ3) is 6.72. The van der Waals surface area contributed by atoms with Gasteiger partial charge in [0, 0.05) is 67.4 Å². The summed E-state index contributed by atoms with van der Waals surface area (Å²) in [5.74, 6) is 0.492. The molecule has 0 atom stereocenters. The van der Waals surface area contributed by atoms with Crippen molar-refractivity contribution in [1.82, 2.24) is 15.3 Å². The second-order valence-electron chi connectivity index (χ2n) is 11.3. The first-order chi connectivity index (χ1) is 21.9. The van der Waals surface area contributed by atoms with Crippen molar-refractivity contribution in [2.75, 3.05) is 35.2 Å². The van der Waals surface area contributed by atoms with Crippen LogP contribution in [0.3, 0.4) is 0 Å². The molecule has 6 rings (SSSR count). The van der Waals surface area contributed by atoms with Crippen LogP contribution in [-0.4, -0.2) is 46.3 Å². The fourth-order valence-electron chi connectivity index (χ4n) is 5.79. The molecule has 0 aliphatic carbocycles. The molecule has 11 nitrogen and oxygen atoms in total. The molecule has 3 heterocycles. The van der Waals surface area contributed by atoms with E-state index in [1.165, 1.54) is 38.3 Å². The molecule has 0 spiro atoms. The molecule has 11 heteroatoms. The number of nitrogens with zero attached hydrogens (tertiary/aromatic N) is 3. The van der Waals surface area contributed by atoms with Crippen LogP contribution in [0.4, 0.5) is 23.0 Å². The number of amides is 2. The first-order valence-corrected chi connectivity index (χ1v) is 15.2. The highest BCUT2D eigenvalue weighted by molar-refractivity contribution is 6.37. The number of aromatic amines is 1. The molecule has 3 aromatic carbocycles. The summed E-state index contributed by atoms with van der Waals surface area (Å²) in [6, 6.07) is 20.1. The van der Waals surface area contributed by atoms with Gasteiger partial charge in [-0.15, -0.1) is 0 Å². The Bertz CT molecular complexity index is 1750. The molecular weight excluding hydrogens is 570 g/mol. The normalized spacial score (nSPS) is 15.3. The van der Waals surface area contributed by atoms with Crippen LogP contribution in [0.2, 0.25) is 0 Å². The third-order valence-electron chi connectivity index (χ3n) is 8.14. The summed E-state index contributed by atoms with van der Waals surface area (Å²) in [6.07, 6.45) is 7.10. The summed E-state index contributed by atoms with van der Waals surface area (Å²) < 4.78 is 0. The molecule has 0 radical (unpaired) electrons. The molecule has 2 amide bonds. The van der Waals surface area contributed by atoms with E-state index in [1.807, 2.05) is 54.7 Å². The molecule has 0 unspecified atom stereocenters. The van der Waals surface area contributed by atoms with Crippen molar-refractivity contribution >= 4 is 46.1 Å². The second kappa shape index (κ2) is 13.0. The number of anilines is 3. The van der Waals surface area contributed by atoms with Gasteiger partial charge in [0.1, 0.15) is 0 Å². The van der Waals surface area contributed by atoms with Crippen LogP contribution in [0.15, 0.2) is 72.9 Å². The Balaban J connectivity index is 1.30. The number of fused-ring (bicyclic) bond motifs is 1. The highest BCUT2D eigenvalue weighted by Crippen LogP contribution is 2.39. The average molecular weight is 606 g/mol. The molecule has 45 heavy (non-hydrogen) atoms. The maximum Gasteiger partial charge on any atom is 0.270 e. The molecule has 0 bridgehead atoms. The van der Waals surface area contributed by atoms with Crippen LogP contribution in [0.25, 0.3) is 22.5 Å². The fraction of sp³-hybridized carbons (Fsp3) is 0.265. The zero-order chi connectivity index (χ0) is 31.3. The summed E-state index contributed by atoms with van der Waals surface area (Å²) in [4.78, 5) is 46.1. The van der Waals surface area contributed by atoms with Gasteiger partial charge >= 0.3 is 0 Å². The molecule has 4 aromatic rings. The zero-order valence-corrected chi connectivity index (χ0v) is 25.1. The average Bonchev–Trinajstić information content (AvgIpc) is 3.67. The molecule has 0 saturated carbocycles. The lowest BCUT2D eigenvalue weighted by molar-refractivity contribution is -0.384. The van der Waals surface area contributed by atoms with Gasteiger partial charge in [0.05, 0.1) is 21.9 Å². The summed E-state index contributed by atoms with van der Waals surface area (Å²) >= 11 is 0. The minimum Gasteiger partial charge on any atom is -0.356 e. The van der Waals surface area contributed by atoms with Crippen LogP contribution in [0, 0.1) is 10.1 Å². The van der Waals surface area contributed by atoms with E-state index in [-0.39, 0.29) is 17.5 Å². The maximum atomic E-state index is 13.4. The first-order valence-electron chi connectivity index (χ1n) is 15.2. The van der Waals surface area contributed by atoms with E-state index >= 15 is 0 Å². The Morgan fingerprint density at radius 2 is 1.78 bits per heavy atom. The first kappa shape index (κ1) is 29.6. The van der Waals surface area contributed by atoms with E-state index in [0.29, 0.717) is 29.1 Å². The van der Waals surface area contributed by atoms with E-state index in [1.54, 1.807) is 6.07 Å². The summed E-state index contributed by atoms with van der Waals surface area (Å²) in [5, 5.41) is 20.7. The lowest BCUT2D eigenvalue weighted by atomic mass is 9.98. The SMILES string of the molecule is CC(=O)NCCCc1ccc(C(Nc2ccc(-c3c[nH]c(N4CCCCC4)n3)cc2)=C2C(=O)Nc3ccc([N+](=O)[O-])cc32)cc1. The molecule has 1 fully saturated rings. The summed E-state index contributed by atoms with van der Waals surface area (Å²) in [7, 11) is 0. The van der Waals surface area contributed by atoms with E-state index in [2.05, 4.69) is 25.8 Å². The van der Waals surface area contributed by atoms with Crippen molar-refractivity contribution in [3.05, 3.63) is 99.7 Å². The number of rotatable bonds is 10. The van der Waals surface area contributed by atoms with Gasteiger partial charge < -0.3 is 25.8 Å². The number of imidazole rings is 1. The van der Waals surface area contributed by atoms with Crippen molar-refractivity contribution in [2.45, 2.75) is 39.0 Å². The number of non-ortho nitro benzene ring substituents is 1. The van der Waals surface area contributed by atoms with E-state index in [4.69, 9.17) is 4.98 Å². The Kier molecular flexibility index (Phi) is 8.58. The number of nitrogens with one attached hydrogen (secondary N) is 4. The van der Waals surface area contributed by atoms with E-state index < -0.39 is 4.92 Å². The molecule has 2 aliphatic rings. The number of benzene rings is 3. The van der Waals surface area contributed by atoms with E-state index in [9.17, 15) is 19.7 Å². The van der Waals surface area contributed by atoms with Gasteiger partial charge in [-0.3, -0.25) is 19.7 Å². The van der Waals surface area contributed by atoms with Gasteiger partial charge in [-0.25, -0.2) is 4.98 Å². The van der Waals surface area contributed by atoms with E-state index in [0.717, 1.165) is 60.0 Å². The molecule has 1 aromatic heterocycles. The van der Waals surface area contributed by atoms with Crippen molar-refractivity contribution in [3.63, 3.8) is 0 Å². The number of aryl methyl sites for hydroxylation is 1. The van der Waals surface area contributed by atoms with Crippen LogP contribution >= 0.6 is 0 Å². The lowest BCUT2D eigenvalue weighted by Gasteiger charge is -2.25. The molecule has 1 saturated heterocycles. The number of hydrogen-bond donors (Lipinski definition) is 4. The Labute approximate surface area is 260 Å². The van der Waals surface area contributed by atoms with Gasteiger partial charge in [-0.2, -0.15) is 0 Å². The summed E-state index contributed by atoms with van der Waals surface area (Å²) in [5.41, 5.74) is 6.17. The van der Waals surface area contributed by atoms with Crippen LogP contribution < -0.4 is 20.9 Å². The van der Waals surface area contributed by atoms with Gasteiger partial charge in [0.15, 0.2) is 0 Å². The predicted octanol–water partition coefficient (Wildman–Crippen LogP) is 5.98.